The number of anilines is 2. The van der Waals surface area contributed by atoms with Crippen LogP contribution >= 0.6 is 0 Å². The summed E-state index contributed by atoms with van der Waals surface area (Å²) in [6.07, 6.45) is 1.32. The molecule has 8 heteroatoms. The van der Waals surface area contributed by atoms with Gasteiger partial charge in [-0.15, -0.1) is 0 Å². The Hall–Kier alpha value is -3.68. The molecule has 154 valence electrons. The van der Waals surface area contributed by atoms with E-state index in [1.807, 2.05) is 49.1 Å². The Balaban J connectivity index is 1.57. The molecule has 0 spiro atoms. The topological polar surface area (TPSA) is 84.6 Å². The van der Waals surface area contributed by atoms with Crippen LogP contribution in [0.25, 0.3) is 0 Å². The molecule has 1 fully saturated rings. The molecule has 0 radical (unpaired) electrons. The molecule has 3 aromatic rings. The molecule has 1 saturated heterocycles. The third-order valence-corrected chi connectivity index (χ3v) is 5.35. The third kappa shape index (κ3) is 4.03. The van der Waals surface area contributed by atoms with E-state index >= 15 is 0 Å². The zero-order valence-electron chi connectivity index (χ0n) is 17.0. The second-order valence-corrected chi connectivity index (χ2v) is 7.27. The molecule has 0 unspecified atom stereocenters. The Kier molecular flexibility index (Phi) is 5.47. The van der Waals surface area contributed by atoms with Crippen molar-refractivity contribution in [3.8, 4) is 11.6 Å². The van der Waals surface area contributed by atoms with Crippen LogP contribution in [0.2, 0.25) is 0 Å². The normalized spacial score (nSPS) is 13.9. The van der Waals surface area contributed by atoms with Gasteiger partial charge in [-0.1, -0.05) is 24.3 Å². The van der Waals surface area contributed by atoms with E-state index in [1.54, 1.807) is 6.07 Å². The molecule has 0 bridgehead atoms. The fraction of sp³-hybridized carbons (Fsp3) is 0.273. The molecule has 1 aromatic heterocycles. The molecule has 0 aliphatic carbocycles. The van der Waals surface area contributed by atoms with Gasteiger partial charge in [-0.25, -0.2) is 4.98 Å². The molecule has 1 aliphatic heterocycles. The Labute approximate surface area is 174 Å². The first kappa shape index (κ1) is 19.6. The molecule has 4 rings (SSSR count). The molecule has 0 N–H and O–H groups in total. The van der Waals surface area contributed by atoms with Crippen LogP contribution in [0, 0.1) is 24.0 Å². The average molecular weight is 405 g/mol. The zero-order valence-corrected chi connectivity index (χ0v) is 17.0. The van der Waals surface area contributed by atoms with Crippen LogP contribution in [-0.2, 0) is 0 Å². The fourth-order valence-electron chi connectivity index (χ4n) is 3.52. The van der Waals surface area contributed by atoms with E-state index in [2.05, 4.69) is 27.0 Å². The van der Waals surface area contributed by atoms with Crippen molar-refractivity contribution in [2.24, 2.45) is 0 Å². The van der Waals surface area contributed by atoms with E-state index < -0.39 is 4.92 Å². The summed E-state index contributed by atoms with van der Waals surface area (Å²) < 4.78 is 5.80. The van der Waals surface area contributed by atoms with Gasteiger partial charge in [0.05, 0.1) is 4.92 Å². The highest BCUT2D eigenvalue weighted by Gasteiger charge is 2.30. The van der Waals surface area contributed by atoms with Crippen LogP contribution in [0.4, 0.5) is 17.2 Å². The Morgan fingerprint density at radius 3 is 2.30 bits per heavy atom. The minimum Gasteiger partial charge on any atom is -0.434 e. The summed E-state index contributed by atoms with van der Waals surface area (Å²) in [6.45, 7) is 6.70. The molecule has 30 heavy (non-hydrogen) atoms. The maximum atomic E-state index is 11.9. The number of nitrogens with zero attached hydrogens (tertiary/aromatic N) is 5. The van der Waals surface area contributed by atoms with Crippen molar-refractivity contribution in [1.82, 2.24) is 9.97 Å². The lowest BCUT2D eigenvalue weighted by molar-refractivity contribution is -0.385. The van der Waals surface area contributed by atoms with Crippen molar-refractivity contribution in [3.05, 3.63) is 76.1 Å². The van der Waals surface area contributed by atoms with Gasteiger partial charge in [0.2, 0.25) is 5.82 Å². The Bertz CT molecular complexity index is 1050. The van der Waals surface area contributed by atoms with Crippen molar-refractivity contribution >= 4 is 17.2 Å². The van der Waals surface area contributed by atoms with Crippen molar-refractivity contribution in [2.45, 2.75) is 13.8 Å². The quantitative estimate of drug-likeness (QED) is 0.466. The minimum atomic E-state index is -0.463. The highest BCUT2D eigenvalue weighted by atomic mass is 16.6. The maximum Gasteiger partial charge on any atom is 0.373 e. The summed E-state index contributed by atoms with van der Waals surface area (Å²) >= 11 is 0. The molecule has 2 heterocycles. The van der Waals surface area contributed by atoms with Gasteiger partial charge in [0, 0.05) is 31.9 Å². The fourth-order valence-corrected chi connectivity index (χ4v) is 3.52. The number of aromatic nitrogens is 2. The molecule has 0 amide bonds. The molecular formula is C22H23N5O3. The van der Waals surface area contributed by atoms with Gasteiger partial charge < -0.3 is 14.5 Å². The van der Waals surface area contributed by atoms with Crippen LogP contribution in [0.15, 0.2) is 54.9 Å². The van der Waals surface area contributed by atoms with Gasteiger partial charge >= 0.3 is 11.6 Å². The predicted molar refractivity (Wildman–Crippen MR) is 116 cm³/mol. The number of ether oxygens (including phenoxy) is 1. The number of piperazine rings is 1. The number of hydrogen-bond acceptors (Lipinski definition) is 7. The summed E-state index contributed by atoms with van der Waals surface area (Å²) in [5, 5.41) is 11.9. The van der Waals surface area contributed by atoms with Crippen LogP contribution < -0.4 is 14.5 Å². The van der Waals surface area contributed by atoms with Gasteiger partial charge in [-0.2, -0.15) is 4.98 Å². The predicted octanol–water partition coefficient (Wildman–Crippen LogP) is 4.12. The number of rotatable bonds is 5. The van der Waals surface area contributed by atoms with E-state index in [0.29, 0.717) is 24.7 Å². The zero-order chi connectivity index (χ0) is 21.1. The minimum absolute atomic E-state index is 0.0428. The molecule has 2 aromatic carbocycles. The second kappa shape index (κ2) is 8.36. The summed E-state index contributed by atoms with van der Waals surface area (Å²) in [4.78, 5) is 23.9. The molecule has 0 saturated carbocycles. The largest absolute Gasteiger partial charge is 0.434 e. The van der Waals surface area contributed by atoms with Crippen LogP contribution in [0.3, 0.4) is 0 Å². The highest BCUT2D eigenvalue weighted by Crippen LogP contribution is 2.36. The van der Waals surface area contributed by atoms with Gasteiger partial charge in [-0.05, 0) is 49.2 Å². The van der Waals surface area contributed by atoms with Crippen molar-refractivity contribution in [3.63, 3.8) is 0 Å². The maximum absolute atomic E-state index is 11.9. The Morgan fingerprint density at radius 1 is 0.933 bits per heavy atom. The molecular weight excluding hydrogens is 382 g/mol. The van der Waals surface area contributed by atoms with Crippen LogP contribution in [0.5, 0.6) is 11.6 Å². The number of hydrogen-bond donors (Lipinski definition) is 0. The van der Waals surface area contributed by atoms with E-state index in [4.69, 9.17) is 4.74 Å². The SMILES string of the molecule is Cc1ccc(Oc2ncnc(N3CCN(c4ccccc4)CC3)c2[N+](=O)[O-])cc1C. The van der Waals surface area contributed by atoms with Gasteiger partial charge in [0.1, 0.15) is 12.1 Å². The summed E-state index contributed by atoms with van der Waals surface area (Å²) in [7, 11) is 0. The average Bonchev–Trinajstić information content (AvgIpc) is 2.77. The first-order chi connectivity index (χ1) is 14.5. The lowest BCUT2D eigenvalue weighted by atomic mass is 10.1. The van der Waals surface area contributed by atoms with E-state index in [-0.39, 0.29) is 11.6 Å². The molecule has 0 atom stereocenters. The highest BCUT2D eigenvalue weighted by molar-refractivity contribution is 5.64. The van der Waals surface area contributed by atoms with Gasteiger partial charge in [0.25, 0.3) is 0 Å². The van der Waals surface area contributed by atoms with Gasteiger partial charge in [0.15, 0.2) is 0 Å². The van der Waals surface area contributed by atoms with Crippen molar-refractivity contribution < 1.29 is 9.66 Å². The number of para-hydroxylation sites is 1. The summed E-state index contributed by atoms with van der Waals surface area (Å²) in [6, 6.07) is 15.7. The summed E-state index contributed by atoms with van der Waals surface area (Å²) in [5.41, 5.74) is 3.11. The van der Waals surface area contributed by atoms with Crippen LogP contribution in [0.1, 0.15) is 11.1 Å². The van der Waals surface area contributed by atoms with Crippen LogP contribution in [-0.4, -0.2) is 41.1 Å². The standard InChI is InChI=1S/C22H23N5O3/c1-16-8-9-19(14-17(16)2)30-22-20(27(28)29)21(23-15-24-22)26-12-10-25(11-13-26)18-6-4-3-5-7-18/h3-9,14-15H,10-13H2,1-2H3. The van der Waals surface area contributed by atoms with Gasteiger partial charge in [-0.3, -0.25) is 10.1 Å². The van der Waals surface area contributed by atoms with Crippen molar-refractivity contribution in [1.29, 1.82) is 0 Å². The number of benzene rings is 2. The lowest BCUT2D eigenvalue weighted by Gasteiger charge is -2.36. The number of aryl methyl sites for hydroxylation is 2. The third-order valence-electron chi connectivity index (χ3n) is 5.35. The first-order valence-electron chi connectivity index (χ1n) is 9.82. The van der Waals surface area contributed by atoms with E-state index in [1.165, 1.54) is 6.33 Å². The Morgan fingerprint density at radius 2 is 1.63 bits per heavy atom. The molecule has 1 aliphatic rings. The van der Waals surface area contributed by atoms with E-state index in [9.17, 15) is 10.1 Å². The second-order valence-electron chi connectivity index (χ2n) is 7.27. The first-order valence-corrected chi connectivity index (χ1v) is 9.82. The smallest absolute Gasteiger partial charge is 0.373 e. The van der Waals surface area contributed by atoms with Crippen molar-refractivity contribution in [2.75, 3.05) is 36.0 Å². The monoisotopic (exact) mass is 405 g/mol. The lowest BCUT2D eigenvalue weighted by Crippen LogP contribution is -2.47. The number of nitro groups is 1. The summed E-state index contributed by atoms with van der Waals surface area (Å²) in [5.74, 6) is 0.764. The van der Waals surface area contributed by atoms with E-state index in [0.717, 1.165) is 29.9 Å². The molecule has 8 nitrogen and oxygen atoms in total.